The van der Waals surface area contributed by atoms with Crippen LogP contribution < -0.4 is 22.8 Å². The minimum atomic E-state index is -2.37. The van der Waals surface area contributed by atoms with Crippen molar-refractivity contribution in [3.05, 3.63) is 393 Å². The van der Waals surface area contributed by atoms with E-state index in [0.717, 1.165) is 184 Å². The topological polar surface area (TPSA) is 201 Å². The van der Waals surface area contributed by atoms with E-state index in [1.807, 2.05) is 175 Å². The lowest BCUT2D eigenvalue weighted by molar-refractivity contribution is -0.645. The van der Waals surface area contributed by atoms with E-state index in [-0.39, 0.29) is 0 Å². The number of aromatic nitrogens is 23. The molecule has 0 saturated heterocycles. The fourth-order valence-electron chi connectivity index (χ4n) is 20.7. The molecule has 31 rings (SSSR count). The maximum Gasteiger partial charge on any atom is 0.346 e. The Balaban J connectivity index is 0.0000000864. The van der Waals surface area contributed by atoms with E-state index in [0.29, 0.717) is 23.6 Å². The molecule has 0 fully saturated rings. The van der Waals surface area contributed by atoms with Crippen molar-refractivity contribution in [2.24, 2.45) is 14.0 Å². The summed E-state index contributed by atoms with van der Waals surface area (Å²) in [6.45, 7) is 1.55. The third-order valence-corrected chi connectivity index (χ3v) is 27.1. The first kappa shape index (κ1) is 72.3. The van der Waals surface area contributed by atoms with Gasteiger partial charge in [0, 0.05) is 108 Å². The molecular weight excluding hydrogens is 1670 g/mol. The van der Waals surface area contributed by atoms with Gasteiger partial charge in [0.2, 0.25) is 32.6 Å². The highest BCUT2D eigenvalue weighted by Crippen LogP contribution is 2.45. The number of pyridine rings is 10. The summed E-state index contributed by atoms with van der Waals surface area (Å²) in [6.07, 6.45) is 18.3. The summed E-state index contributed by atoms with van der Waals surface area (Å²) in [4.78, 5) is 48.6. The van der Waals surface area contributed by atoms with Crippen LogP contribution in [0.25, 0.3) is 201 Å². The highest BCUT2D eigenvalue weighted by molar-refractivity contribution is 7.25. The van der Waals surface area contributed by atoms with Gasteiger partial charge >= 0.3 is 34.8 Å². The van der Waals surface area contributed by atoms with Gasteiger partial charge in [0.05, 0.1) is 32.6 Å². The summed E-state index contributed by atoms with van der Waals surface area (Å²) in [7, 11) is 2.09. The third kappa shape index (κ3) is 11.4. The summed E-state index contributed by atoms with van der Waals surface area (Å²) in [5, 5.41) is 5.38. The smallest absolute Gasteiger partial charge is 0.346 e. The molecule has 5 aliphatic rings. The Morgan fingerprint density at radius 2 is 0.564 bits per heavy atom. The van der Waals surface area contributed by atoms with Crippen molar-refractivity contribution in [2.75, 3.05) is 0 Å². The van der Waals surface area contributed by atoms with Crippen LogP contribution in [0, 0.1) is 0 Å². The van der Waals surface area contributed by atoms with Crippen LogP contribution in [0.4, 0.5) is 0 Å². The maximum atomic E-state index is 8.23. The lowest BCUT2D eigenvalue weighted by Crippen LogP contribution is -2.31. The largest absolute Gasteiger partial charge is 0.400 e. The van der Waals surface area contributed by atoms with Crippen molar-refractivity contribution >= 4 is 121 Å². The van der Waals surface area contributed by atoms with E-state index in [9.17, 15) is 0 Å². The second-order valence-electron chi connectivity index (χ2n) is 33.4. The SMILES string of the molecule is Cn1c2ncccc2c2c1n(-c1ccccc1)c1[n+]2Cc2cccnc2-1.[2H]C([2H])([2H])n1c2ncccc2c2c1n(-c1ccccc1)c1[n+]2Cc2cccnc2-1.c1ccc(-n2c3[n+](c4c5cccnc5n(-c5ccccc5)c42)Cc2cccnc2-3)cc1.c1ccc(-n2c3[n+](c4c5cccnc5oc42)Cc2cccnc2-3)cc1.c1ccc(-n2c3[n+](c4c5cccnc5sc42)Cc2cccnc2-3)cc1. The van der Waals surface area contributed by atoms with Crippen LogP contribution in [0.15, 0.2) is 370 Å². The summed E-state index contributed by atoms with van der Waals surface area (Å²) < 4.78 is 59.4. The second-order valence-corrected chi connectivity index (χ2v) is 34.4. The zero-order chi connectivity index (χ0) is 90.1. The van der Waals surface area contributed by atoms with Gasteiger partial charge in [0.25, 0.3) is 16.9 Å². The van der Waals surface area contributed by atoms with E-state index in [1.165, 1.54) is 59.0 Å². The minimum Gasteiger partial charge on any atom is -0.400 e. The molecule has 133 heavy (non-hydrogen) atoms. The summed E-state index contributed by atoms with van der Waals surface area (Å²) in [5.41, 5.74) is 30.0. The molecule has 0 radical (unpaired) electrons. The lowest BCUT2D eigenvalue weighted by Gasteiger charge is -2.07. The second kappa shape index (κ2) is 30.0. The molecule has 6 aromatic carbocycles. The van der Waals surface area contributed by atoms with E-state index in [2.05, 4.69) is 268 Å². The van der Waals surface area contributed by atoms with Gasteiger partial charge in [-0.05, 0) is 164 Å². The molecular formula is C108H76N23OS+5. The van der Waals surface area contributed by atoms with Crippen molar-refractivity contribution in [1.82, 2.24) is 86.4 Å². The first-order chi connectivity index (χ1) is 67.1. The van der Waals surface area contributed by atoms with Gasteiger partial charge in [-0.15, -0.1) is 0 Å². The quantitative estimate of drug-likeness (QED) is 0.143. The van der Waals surface area contributed by atoms with Gasteiger partial charge < -0.3 is 4.42 Å². The molecule has 0 saturated carbocycles. The number of nitrogens with zero attached hydrogens (tertiary/aromatic N) is 23. The number of para-hydroxylation sites is 6. The van der Waals surface area contributed by atoms with Crippen molar-refractivity contribution in [1.29, 1.82) is 0 Å². The molecule has 0 amide bonds. The Hall–Kier alpha value is -17.7. The highest BCUT2D eigenvalue weighted by atomic mass is 32.1. The predicted octanol–water partition coefficient (Wildman–Crippen LogP) is 18.6. The molecule has 0 N–H and O–H groups in total. The summed E-state index contributed by atoms with van der Waals surface area (Å²) in [5.74, 6) is 5.36. The van der Waals surface area contributed by atoms with E-state index in [4.69, 9.17) is 23.5 Å². The van der Waals surface area contributed by atoms with Gasteiger partial charge in [-0.3, -0.25) is 13.7 Å². The number of thiophene rings is 1. The molecule has 25 heteroatoms. The number of benzene rings is 6. The van der Waals surface area contributed by atoms with Gasteiger partial charge in [-0.2, -0.15) is 22.8 Å². The first-order valence-electron chi connectivity index (χ1n) is 45.6. The van der Waals surface area contributed by atoms with Crippen LogP contribution in [0.5, 0.6) is 0 Å². The van der Waals surface area contributed by atoms with Crippen LogP contribution in [-0.4, -0.2) is 86.4 Å². The molecule has 25 heterocycles. The van der Waals surface area contributed by atoms with Gasteiger partial charge in [0.1, 0.15) is 77.3 Å². The minimum absolute atomic E-state index is 0.460. The highest BCUT2D eigenvalue weighted by Gasteiger charge is 2.46. The maximum absolute atomic E-state index is 8.23. The van der Waals surface area contributed by atoms with Crippen LogP contribution in [0.1, 0.15) is 31.9 Å². The third-order valence-electron chi connectivity index (χ3n) is 26.1. The molecule has 0 aliphatic carbocycles. The van der Waals surface area contributed by atoms with Crippen LogP contribution in [-0.2, 0) is 46.7 Å². The van der Waals surface area contributed by atoms with E-state index >= 15 is 0 Å². The number of imidazole rings is 5. The average Bonchev–Trinajstić information content (AvgIpc) is 1.55. The summed E-state index contributed by atoms with van der Waals surface area (Å²) in [6, 6.07) is 103. The molecule has 0 unspecified atom stereocenters. The van der Waals surface area contributed by atoms with Crippen molar-refractivity contribution < 1.29 is 31.4 Å². The molecule has 0 spiro atoms. The Kier molecular flexibility index (Phi) is 16.3. The molecule has 0 bridgehead atoms. The predicted molar refractivity (Wildman–Crippen MR) is 513 cm³/mol. The molecule has 24 nitrogen and oxygen atoms in total. The zero-order valence-electron chi connectivity index (χ0n) is 74.3. The standard InChI is InChI=1S/C26H18N5.2C21H16N5.C20H13N4O.C20H13N4S/c1-3-10-19(11-4-1)30-24-21(14-8-16-28-24)23-26(30)31(20-12-5-2-6-13-20)25-22-18(17-29(23)25)9-7-15-27-22;2*1-24-19-16(10-6-12-23-19)18-21(24)26(15-8-3-2-4-9-15)20-17-14(13-25(18)20)7-5-11-22-17;2*1-2-7-14(8-3-1)24-19-16-13(6-4-10-21-16)12-23(19)17-15-9-5-11-22-18(15)25-20(17)24/h1-16H,17H2;2*2-12H,13H2,1H3;2*1-11H,12H2/q5*+1/i;1D3;;;. The number of hydrogen-bond acceptors (Lipinski definition) is 12. The molecule has 0 atom stereocenters. The van der Waals surface area contributed by atoms with E-state index < -0.39 is 6.98 Å². The van der Waals surface area contributed by atoms with Gasteiger partial charge in [-0.25, -0.2) is 72.7 Å². The molecule has 20 aromatic heterocycles. The van der Waals surface area contributed by atoms with Crippen molar-refractivity contribution in [2.45, 2.75) is 32.7 Å². The summed E-state index contributed by atoms with van der Waals surface area (Å²) >= 11 is 1.75. The Morgan fingerprint density at radius 3 is 1.00 bits per heavy atom. The fraction of sp³-hybridized carbons (Fsp3) is 0.0648. The monoisotopic (exact) mass is 1750 g/mol. The van der Waals surface area contributed by atoms with Crippen LogP contribution in [0.2, 0.25) is 0 Å². The number of furan rings is 1. The number of hydrogen-bond donors (Lipinski definition) is 0. The van der Waals surface area contributed by atoms with Crippen molar-refractivity contribution in [3.8, 4) is 91.7 Å². The first-order valence-corrected chi connectivity index (χ1v) is 44.9. The Morgan fingerprint density at radius 1 is 0.263 bits per heavy atom. The molecule has 630 valence electrons. The number of rotatable bonds is 6. The lowest BCUT2D eigenvalue weighted by atomic mass is 10.2. The Labute approximate surface area is 765 Å². The zero-order valence-corrected chi connectivity index (χ0v) is 72.1. The van der Waals surface area contributed by atoms with Gasteiger partial charge in [0.15, 0.2) is 39.6 Å². The number of aryl methyl sites for hydroxylation is 2. The van der Waals surface area contributed by atoms with E-state index in [1.54, 1.807) is 29.9 Å². The molecule has 26 aromatic rings. The van der Waals surface area contributed by atoms with Crippen LogP contribution >= 0.6 is 11.3 Å². The Bertz CT molecular complexity index is 9150. The van der Waals surface area contributed by atoms with Crippen molar-refractivity contribution in [3.63, 3.8) is 0 Å². The fourth-order valence-corrected chi connectivity index (χ4v) is 21.9. The molecule has 5 aliphatic heterocycles. The van der Waals surface area contributed by atoms with Gasteiger partial charge in [-0.1, -0.05) is 151 Å². The van der Waals surface area contributed by atoms with Crippen LogP contribution in [0.3, 0.4) is 0 Å². The normalized spacial score (nSPS) is 13.0. The average molecular weight is 1750 g/mol. The number of fused-ring (bicyclic) bond motifs is 35.